The molecule has 3 heteroatoms. The SMILES string of the molecule is Oc1sccc1[C@H]1CCCN1. The molecule has 1 atom stereocenters. The van der Waals surface area contributed by atoms with Crippen molar-refractivity contribution >= 4 is 11.3 Å². The summed E-state index contributed by atoms with van der Waals surface area (Å²) in [6.45, 7) is 1.08. The van der Waals surface area contributed by atoms with Crippen molar-refractivity contribution in [3.05, 3.63) is 17.0 Å². The molecule has 60 valence electrons. The van der Waals surface area contributed by atoms with E-state index in [4.69, 9.17) is 0 Å². The molecule has 11 heavy (non-hydrogen) atoms. The Hall–Kier alpha value is -0.540. The molecule has 0 radical (unpaired) electrons. The second kappa shape index (κ2) is 2.83. The topological polar surface area (TPSA) is 32.3 Å². The van der Waals surface area contributed by atoms with Gasteiger partial charge < -0.3 is 10.4 Å². The fourth-order valence-corrected chi connectivity index (χ4v) is 2.22. The maximum atomic E-state index is 9.39. The van der Waals surface area contributed by atoms with Crippen LogP contribution < -0.4 is 5.32 Å². The van der Waals surface area contributed by atoms with Gasteiger partial charge in [0.2, 0.25) is 0 Å². The van der Waals surface area contributed by atoms with Gasteiger partial charge in [-0.3, -0.25) is 0 Å². The van der Waals surface area contributed by atoms with E-state index >= 15 is 0 Å². The van der Waals surface area contributed by atoms with E-state index in [2.05, 4.69) is 5.32 Å². The predicted octanol–water partition coefficient (Wildman–Crippen LogP) is 1.88. The molecule has 1 fully saturated rings. The molecular weight excluding hydrogens is 158 g/mol. The average molecular weight is 169 g/mol. The van der Waals surface area contributed by atoms with Crippen molar-refractivity contribution in [2.45, 2.75) is 18.9 Å². The molecule has 1 aromatic heterocycles. The summed E-state index contributed by atoms with van der Waals surface area (Å²) < 4.78 is 0. The number of rotatable bonds is 1. The van der Waals surface area contributed by atoms with Gasteiger partial charge in [-0.25, -0.2) is 0 Å². The molecule has 0 aromatic carbocycles. The van der Waals surface area contributed by atoms with E-state index in [1.54, 1.807) is 0 Å². The highest BCUT2D eigenvalue weighted by molar-refractivity contribution is 7.11. The van der Waals surface area contributed by atoms with Crippen molar-refractivity contribution in [1.29, 1.82) is 0 Å². The lowest BCUT2D eigenvalue weighted by Gasteiger charge is -2.07. The zero-order valence-corrected chi connectivity index (χ0v) is 7.03. The van der Waals surface area contributed by atoms with Crippen molar-refractivity contribution in [2.24, 2.45) is 0 Å². The highest BCUT2D eigenvalue weighted by Crippen LogP contribution is 2.33. The molecular formula is C8H11NOS. The van der Waals surface area contributed by atoms with Crippen LogP contribution in [0.1, 0.15) is 24.4 Å². The molecule has 2 heterocycles. The van der Waals surface area contributed by atoms with Gasteiger partial charge in [-0.1, -0.05) is 0 Å². The van der Waals surface area contributed by atoms with E-state index in [0.717, 1.165) is 18.5 Å². The summed E-state index contributed by atoms with van der Waals surface area (Å²) in [6, 6.07) is 2.41. The summed E-state index contributed by atoms with van der Waals surface area (Å²) in [4.78, 5) is 0. The van der Waals surface area contributed by atoms with Crippen LogP contribution in [-0.4, -0.2) is 11.7 Å². The van der Waals surface area contributed by atoms with Gasteiger partial charge in [0.05, 0.1) is 0 Å². The Balaban J connectivity index is 2.21. The number of thiophene rings is 1. The largest absolute Gasteiger partial charge is 0.499 e. The lowest BCUT2D eigenvalue weighted by molar-refractivity contribution is 0.473. The van der Waals surface area contributed by atoms with E-state index < -0.39 is 0 Å². The van der Waals surface area contributed by atoms with Crippen molar-refractivity contribution < 1.29 is 5.11 Å². The standard InChI is InChI=1S/C8H11NOS/c10-8-6(3-5-11-8)7-2-1-4-9-7/h3,5,7,9-10H,1-2,4H2/t7-/m1/s1. The summed E-state index contributed by atoms with van der Waals surface area (Å²) in [6.07, 6.45) is 2.38. The van der Waals surface area contributed by atoms with Crippen LogP contribution in [0.15, 0.2) is 11.4 Å². The molecule has 1 aliphatic rings. The van der Waals surface area contributed by atoms with Crippen LogP contribution in [0.5, 0.6) is 5.06 Å². The van der Waals surface area contributed by atoms with E-state index in [1.807, 2.05) is 11.4 Å². The second-order valence-electron chi connectivity index (χ2n) is 2.83. The monoisotopic (exact) mass is 169 g/mol. The van der Waals surface area contributed by atoms with Crippen LogP contribution in [0.3, 0.4) is 0 Å². The van der Waals surface area contributed by atoms with Crippen LogP contribution in [0.2, 0.25) is 0 Å². The molecule has 2 nitrogen and oxygen atoms in total. The van der Waals surface area contributed by atoms with E-state index in [-0.39, 0.29) is 0 Å². The Morgan fingerprint density at radius 3 is 3.09 bits per heavy atom. The van der Waals surface area contributed by atoms with Gasteiger partial charge in [0.25, 0.3) is 0 Å². The Bertz CT molecular complexity index is 240. The number of nitrogens with one attached hydrogen (secondary N) is 1. The molecule has 1 saturated heterocycles. The first-order valence-corrected chi connectivity index (χ1v) is 4.75. The van der Waals surface area contributed by atoms with E-state index in [9.17, 15) is 5.11 Å². The van der Waals surface area contributed by atoms with Crippen molar-refractivity contribution in [3.8, 4) is 5.06 Å². The highest BCUT2D eigenvalue weighted by Gasteiger charge is 2.19. The smallest absolute Gasteiger partial charge is 0.175 e. The summed E-state index contributed by atoms with van der Waals surface area (Å²) >= 11 is 1.41. The molecule has 0 aliphatic carbocycles. The number of aromatic hydroxyl groups is 1. The molecule has 2 rings (SSSR count). The van der Waals surface area contributed by atoms with Gasteiger partial charge >= 0.3 is 0 Å². The van der Waals surface area contributed by atoms with Gasteiger partial charge in [0, 0.05) is 11.6 Å². The van der Waals surface area contributed by atoms with Crippen molar-refractivity contribution in [1.82, 2.24) is 5.32 Å². The maximum absolute atomic E-state index is 9.39. The third kappa shape index (κ3) is 1.26. The van der Waals surface area contributed by atoms with Crippen molar-refractivity contribution in [3.63, 3.8) is 0 Å². The van der Waals surface area contributed by atoms with Gasteiger partial charge in [0.1, 0.15) is 0 Å². The minimum Gasteiger partial charge on any atom is -0.499 e. The van der Waals surface area contributed by atoms with Gasteiger partial charge in [-0.15, -0.1) is 11.3 Å². The molecule has 0 amide bonds. The third-order valence-corrected chi connectivity index (χ3v) is 2.84. The first-order valence-electron chi connectivity index (χ1n) is 3.87. The lowest BCUT2D eigenvalue weighted by Crippen LogP contribution is -2.11. The van der Waals surface area contributed by atoms with Crippen LogP contribution in [-0.2, 0) is 0 Å². The van der Waals surface area contributed by atoms with Crippen LogP contribution in [0.25, 0.3) is 0 Å². The molecule has 0 unspecified atom stereocenters. The first-order chi connectivity index (χ1) is 5.38. The average Bonchev–Trinajstić information content (AvgIpc) is 2.55. The molecule has 1 aliphatic heterocycles. The van der Waals surface area contributed by atoms with E-state index in [1.165, 1.54) is 17.8 Å². The Kier molecular flexibility index (Phi) is 1.84. The van der Waals surface area contributed by atoms with Gasteiger partial charge in [-0.2, -0.15) is 0 Å². The summed E-state index contributed by atoms with van der Waals surface area (Å²) in [7, 11) is 0. The molecule has 1 aromatic rings. The maximum Gasteiger partial charge on any atom is 0.175 e. The number of hydrogen-bond acceptors (Lipinski definition) is 3. The second-order valence-corrected chi connectivity index (χ2v) is 3.72. The fourth-order valence-electron chi connectivity index (χ4n) is 1.53. The summed E-state index contributed by atoms with van der Waals surface area (Å²) in [5.74, 6) is 0. The van der Waals surface area contributed by atoms with Crippen LogP contribution >= 0.6 is 11.3 Å². The summed E-state index contributed by atoms with van der Waals surface area (Å²) in [5.41, 5.74) is 1.08. The lowest BCUT2D eigenvalue weighted by atomic mass is 10.1. The zero-order chi connectivity index (χ0) is 7.68. The quantitative estimate of drug-likeness (QED) is 0.672. The Morgan fingerprint density at radius 2 is 2.55 bits per heavy atom. The Labute approximate surface area is 69.9 Å². The van der Waals surface area contributed by atoms with Crippen LogP contribution in [0.4, 0.5) is 0 Å². The minimum atomic E-state index is 0.404. The van der Waals surface area contributed by atoms with Gasteiger partial charge in [0.15, 0.2) is 5.06 Å². The molecule has 2 N–H and O–H groups in total. The van der Waals surface area contributed by atoms with Crippen molar-refractivity contribution in [2.75, 3.05) is 6.54 Å². The first kappa shape index (κ1) is 7.13. The Morgan fingerprint density at radius 1 is 1.64 bits per heavy atom. The number of hydrogen-bond donors (Lipinski definition) is 2. The fraction of sp³-hybridized carbons (Fsp3) is 0.500. The molecule has 0 saturated carbocycles. The minimum absolute atomic E-state index is 0.404. The summed E-state index contributed by atoms with van der Waals surface area (Å²) in [5, 5.41) is 15.1. The van der Waals surface area contributed by atoms with Crippen LogP contribution in [0, 0.1) is 0 Å². The molecule has 0 bridgehead atoms. The van der Waals surface area contributed by atoms with Gasteiger partial charge in [-0.05, 0) is 30.8 Å². The van der Waals surface area contributed by atoms with E-state index in [0.29, 0.717) is 11.1 Å². The molecule has 0 spiro atoms. The predicted molar refractivity (Wildman–Crippen MR) is 46.0 cm³/mol. The highest BCUT2D eigenvalue weighted by atomic mass is 32.1. The third-order valence-electron chi connectivity index (χ3n) is 2.11. The normalized spacial score (nSPS) is 24.2. The zero-order valence-electron chi connectivity index (χ0n) is 6.21.